The molecule has 1 N–H and O–H groups in total. The SMILES string of the molecule is Cc1ccccc1C(=O)Nc1cccc(SCC#N)c1. The first-order valence-electron chi connectivity index (χ1n) is 6.17. The fourth-order valence-electron chi connectivity index (χ4n) is 1.81. The zero-order chi connectivity index (χ0) is 14.4. The van der Waals surface area contributed by atoms with Gasteiger partial charge in [-0.1, -0.05) is 24.3 Å². The Hall–Kier alpha value is -2.25. The molecule has 0 spiro atoms. The highest BCUT2D eigenvalue weighted by molar-refractivity contribution is 7.99. The molecule has 2 aromatic carbocycles. The molecule has 0 aliphatic carbocycles. The summed E-state index contributed by atoms with van der Waals surface area (Å²) in [6.07, 6.45) is 0. The number of benzene rings is 2. The number of carbonyl (C=O) groups excluding carboxylic acids is 1. The van der Waals surface area contributed by atoms with Crippen molar-refractivity contribution in [3.63, 3.8) is 0 Å². The Kier molecular flexibility index (Phi) is 4.80. The molecular weight excluding hydrogens is 268 g/mol. The van der Waals surface area contributed by atoms with E-state index in [2.05, 4.69) is 11.4 Å². The molecule has 0 aliphatic rings. The van der Waals surface area contributed by atoms with E-state index >= 15 is 0 Å². The van der Waals surface area contributed by atoms with Crippen molar-refractivity contribution >= 4 is 23.4 Å². The molecule has 100 valence electrons. The van der Waals surface area contributed by atoms with E-state index in [9.17, 15) is 4.79 Å². The van der Waals surface area contributed by atoms with Crippen LogP contribution >= 0.6 is 11.8 Å². The first-order chi connectivity index (χ1) is 9.70. The second kappa shape index (κ2) is 6.78. The van der Waals surface area contributed by atoms with E-state index < -0.39 is 0 Å². The Bertz CT molecular complexity index is 662. The van der Waals surface area contributed by atoms with Gasteiger partial charge in [-0.05, 0) is 36.8 Å². The fourth-order valence-corrected chi connectivity index (χ4v) is 2.42. The van der Waals surface area contributed by atoms with E-state index in [-0.39, 0.29) is 5.91 Å². The summed E-state index contributed by atoms with van der Waals surface area (Å²) in [7, 11) is 0. The molecular formula is C16H14N2OS. The molecule has 0 saturated carbocycles. The van der Waals surface area contributed by atoms with E-state index in [0.29, 0.717) is 11.3 Å². The lowest BCUT2D eigenvalue weighted by Gasteiger charge is -2.08. The van der Waals surface area contributed by atoms with Gasteiger partial charge in [0, 0.05) is 16.1 Å². The molecule has 0 fully saturated rings. The summed E-state index contributed by atoms with van der Waals surface area (Å²) in [5.74, 6) is 0.278. The molecule has 0 aromatic heterocycles. The van der Waals surface area contributed by atoms with Crippen LogP contribution in [0, 0.1) is 18.3 Å². The lowest BCUT2D eigenvalue weighted by Crippen LogP contribution is -2.13. The maximum absolute atomic E-state index is 12.2. The number of hydrogen-bond acceptors (Lipinski definition) is 3. The van der Waals surface area contributed by atoms with Gasteiger partial charge in [-0.25, -0.2) is 0 Å². The van der Waals surface area contributed by atoms with Crippen LogP contribution in [0.5, 0.6) is 0 Å². The molecule has 1 amide bonds. The van der Waals surface area contributed by atoms with Crippen molar-refractivity contribution in [3.05, 3.63) is 59.7 Å². The molecule has 0 unspecified atom stereocenters. The van der Waals surface area contributed by atoms with Crippen molar-refractivity contribution in [3.8, 4) is 6.07 Å². The van der Waals surface area contributed by atoms with E-state index in [1.807, 2.05) is 49.4 Å². The zero-order valence-electron chi connectivity index (χ0n) is 11.1. The molecule has 20 heavy (non-hydrogen) atoms. The van der Waals surface area contributed by atoms with Crippen LogP contribution in [0.2, 0.25) is 0 Å². The molecule has 0 radical (unpaired) electrons. The molecule has 0 saturated heterocycles. The standard InChI is InChI=1S/C16H14N2OS/c1-12-5-2-3-8-15(12)16(19)18-13-6-4-7-14(11-13)20-10-9-17/h2-8,11H,10H2,1H3,(H,18,19). The normalized spacial score (nSPS) is 9.80. The topological polar surface area (TPSA) is 52.9 Å². The summed E-state index contributed by atoms with van der Waals surface area (Å²) >= 11 is 1.45. The molecule has 3 nitrogen and oxygen atoms in total. The second-order valence-electron chi connectivity index (χ2n) is 4.24. The maximum Gasteiger partial charge on any atom is 0.255 e. The van der Waals surface area contributed by atoms with Crippen LogP contribution in [0.1, 0.15) is 15.9 Å². The van der Waals surface area contributed by atoms with Crippen molar-refractivity contribution in [2.75, 3.05) is 11.1 Å². The third-order valence-corrected chi connectivity index (χ3v) is 3.65. The quantitative estimate of drug-likeness (QED) is 0.866. The fraction of sp³-hybridized carbons (Fsp3) is 0.125. The first-order valence-corrected chi connectivity index (χ1v) is 7.16. The summed E-state index contributed by atoms with van der Waals surface area (Å²) in [4.78, 5) is 13.2. The maximum atomic E-state index is 12.2. The summed E-state index contributed by atoms with van der Waals surface area (Å²) in [6, 6.07) is 17.1. The van der Waals surface area contributed by atoms with Gasteiger partial charge in [0.15, 0.2) is 0 Å². The van der Waals surface area contributed by atoms with Crippen molar-refractivity contribution in [1.82, 2.24) is 0 Å². The predicted octanol–water partition coefficient (Wildman–Crippen LogP) is 3.86. The number of anilines is 1. The third-order valence-electron chi connectivity index (χ3n) is 2.78. The minimum absolute atomic E-state index is 0.120. The molecule has 0 heterocycles. The highest BCUT2D eigenvalue weighted by Gasteiger charge is 2.08. The van der Waals surface area contributed by atoms with Gasteiger partial charge in [0.1, 0.15) is 0 Å². The van der Waals surface area contributed by atoms with Crippen LogP contribution in [0.15, 0.2) is 53.4 Å². The Morgan fingerprint density at radius 1 is 1.25 bits per heavy atom. The van der Waals surface area contributed by atoms with Gasteiger partial charge in [0.05, 0.1) is 11.8 Å². The van der Waals surface area contributed by atoms with E-state index in [1.165, 1.54) is 11.8 Å². The number of nitrogens with one attached hydrogen (secondary N) is 1. The number of nitriles is 1. The third kappa shape index (κ3) is 3.62. The average molecular weight is 282 g/mol. The zero-order valence-corrected chi connectivity index (χ0v) is 11.9. The van der Waals surface area contributed by atoms with E-state index in [4.69, 9.17) is 5.26 Å². The van der Waals surface area contributed by atoms with Crippen molar-refractivity contribution in [1.29, 1.82) is 5.26 Å². The summed E-state index contributed by atoms with van der Waals surface area (Å²) in [6.45, 7) is 1.91. The van der Waals surface area contributed by atoms with Gasteiger partial charge in [0.2, 0.25) is 0 Å². The number of hydrogen-bond donors (Lipinski definition) is 1. The number of nitrogens with zero attached hydrogens (tertiary/aromatic N) is 1. The Balaban J connectivity index is 2.12. The van der Waals surface area contributed by atoms with Gasteiger partial charge in [-0.3, -0.25) is 4.79 Å². The summed E-state index contributed by atoms with van der Waals surface area (Å²) < 4.78 is 0. The highest BCUT2D eigenvalue weighted by atomic mass is 32.2. The summed E-state index contributed by atoms with van der Waals surface area (Å²) in [5, 5.41) is 11.5. The van der Waals surface area contributed by atoms with E-state index in [0.717, 1.165) is 16.1 Å². The van der Waals surface area contributed by atoms with Gasteiger partial charge in [-0.15, -0.1) is 11.8 Å². The predicted molar refractivity (Wildman–Crippen MR) is 81.9 cm³/mol. The van der Waals surface area contributed by atoms with Gasteiger partial charge >= 0.3 is 0 Å². The summed E-state index contributed by atoms with van der Waals surface area (Å²) in [5.41, 5.74) is 2.35. The molecule has 2 rings (SSSR count). The average Bonchev–Trinajstić information content (AvgIpc) is 2.46. The lowest BCUT2D eigenvalue weighted by molar-refractivity contribution is 0.102. The number of rotatable bonds is 4. The Morgan fingerprint density at radius 3 is 2.80 bits per heavy atom. The highest BCUT2D eigenvalue weighted by Crippen LogP contribution is 2.21. The minimum Gasteiger partial charge on any atom is -0.322 e. The smallest absolute Gasteiger partial charge is 0.255 e. The number of amides is 1. The van der Waals surface area contributed by atoms with E-state index in [1.54, 1.807) is 6.07 Å². The largest absolute Gasteiger partial charge is 0.322 e. The van der Waals surface area contributed by atoms with Crippen molar-refractivity contribution < 1.29 is 4.79 Å². The molecule has 0 aliphatic heterocycles. The van der Waals surface area contributed by atoms with Gasteiger partial charge in [-0.2, -0.15) is 5.26 Å². The van der Waals surface area contributed by atoms with Crippen LogP contribution < -0.4 is 5.32 Å². The minimum atomic E-state index is -0.120. The van der Waals surface area contributed by atoms with Crippen LogP contribution in [0.25, 0.3) is 0 Å². The number of aryl methyl sites for hydroxylation is 1. The second-order valence-corrected chi connectivity index (χ2v) is 5.29. The Morgan fingerprint density at radius 2 is 2.05 bits per heavy atom. The molecule has 4 heteroatoms. The molecule has 0 atom stereocenters. The Labute approximate surface area is 122 Å². The van der Waals surface area contributed by atoms with Gasteiger partial charge < -0.3 is 5.32 Å². The first kappa shape index (κ1) is 14.2. The van der Waals surface area contributed by atoms with Crippen LogP contribution in [-0.2, 0) is 0 Å². The number of thioether (sulfide) groups is 1. The monoisotopic (exact) mass is 282 g/mol. The number of carbonyl (C=O) groups is 1. The lowest BCUT2D eigenvalue weighted by atomic mass is 10.1. The van der Waals surface area contributed by atoms with Crippen molar-refractivity contribution in [2.24, 2.45) is 0 Å². The van der Waals surface area contributed by atoms with Crippen LogP contribution in [0.3, 0.4) is 0 Å². The van der Waals surface area contributed by atoms with Crippen molar-refractivity contribution in [2.45, 2.75) is 11.8 Å². The van der Waals surface area contributed by atoms with Crippen LogP contribution in [0.4, 0.5) is 5.69 Å². The molecule has 2 aromatic rings. The van der Waals surface area contributed by atoms with Gasteiger partial charge in [0.25, 0.3) is 5.91 Å². The molecule has 0 bridgehead atoms. The van der Waals surface area contributed by atoms with Crippen LogP contribution in [-0.4, -0.2) is 11.7 Å².